The first-order valence-corrected chi connectivity index (χ1v) is 8.48. The molecule has 0 aliphatic heterocycles. The highest BCUT2D eigenvalue weighted by atomic mass is 16.6. The van der Waals surface area contributed by atoms with E-state index in [4.69, 9.17) is 4.74 Å². The van der Waals surface area contributed by atoms with Crippen LogP contribution >= 0.6 is 0 Å². The fourth-order valence-corrected chi connectivity index (χ4v) is 2.56. The second-order valence-electron chi connectivity index (χ2n) is 5.92. The maximum atomic E-state index is 12.3. The minimum absolute atomic E-state index is 0.0396. The van der Waals surface area contributed by atoms with Crippen LogP contribution in [-0.4, -0.2) is 37.2 Å². The van der Waals surface area contributed by atoms with E-state index >= 15 is 0 Å². The summed E-state index contributed by atoms with van der Waals surface area (Å²) in [5, 5.41) is 18.2. The summed E-state index contributed by atoms with van der Waals surface area (Å²) in [5.41, 5.74) is 2.27. The summed E-state index contributed by atoms with van der Waals surface area (Å²) in [4.78, 5) is 31.2. The molecule has 1 N–H and O–H groups in total. The van der Waals surface area contributed by atoms with E-state index in [0.29, 0.717) is 5.69 Å². The second-order valence-corrected chi connectivity index (χ2v) is 5.92. The summed E-state index contributed by atoms with van der Waals surface area (Å²) < 4.78 is 6.62. The van der Waals surface area contributed by atoms with Gasteiger partial charge < -0.3 is 10.1 Å². The van der Waals surface area contributed by atoms with E-state index in [9.17, 15) is 14.9 Å². The molecule has 0 radical (unpaired) electrons. The summed E-state index contributed by atoms with van der Waals surface area (Å²) in [7, 11) is 0. The summed E-state index contributed by atoms with van der Waals surface area (Å²) in [6.45, 7) is 5.63. The number of nitrogens with one attached hydrogen (secondary N) is 1. The third-order valence-electron chi connectivity index (χ3n) is 3.81. The van der Waals surface area contributed by atoms with Gasteiger partial charge >= 0.3 is 5.97 Å². The van der Waals surface area contributed by atoms with Crippen LogP contribution in [0.25, 0.3) is 5.95 Å². The second kappa shape index (κ2) is 7.82. The molecule has 0 aliphatic carbocycles. The molecule has 0 unspecified atom stereocenters. The smallest absolute Gasteiger partial charge is 0.343 e. The summed E-state index contributed by atoms with van der Waals surface area (Å²) in [6.07, 6.45) is 1.37. The van der Waals surface area contributed by atoms with Gasteiger partial charge in [0.1, 0.15) is 5.56 Å². The number of carbonyl (C=O) groups excluding carboxylic acids is 1. The van der Waals surface area contributed by atoms with E-state index in [1.807, 2.05) is 19.9 Å². The molecule has 0 fully saturated rings. The highest BCUT2D eigenvalue weighted by molar-refractivity contribution is 5.95. The fourth-order valence-electron chi connectivity index (χ4n) is 2.56. The first-order valence-electron chi connectivity index (χ1n) is 8.48. The molecule has 0 saturated heterocycles. The first kappa shape index (κ1) is 19.0. The lowest BCUT2D eigenvalue weighted by molar-refractivity contribution is -0.384. The Morgan fingerprint density at radius 2 is 2.00 bits per heavy atom. The molecule has 28 heavy (non-hydrogen) atoms. The number of rotatable bonds is 6. The maximum Gasteiger partial charge on any atom is 0.343 e. The van der Waals surface area contributed by atoms with E-state index in [1.54, 1.807) is 11.6 Å². The Morgan fingerprint density at radius 1 is 1.29 bits per heavy atom. The Morgan fingerprint density at radius 3 is 2.57 bits per heavy atom. The largest absolute Gasteiger partial charge is 0.462 e. The number of anilines is 2. The van der Waals surface area contributed by atoms with E-state index in [2.05, 4.69) is 20.4 Å². The van der Waals surface area contributed by atoms with Gasteiger partial charge in [-0.3, -0.25) is 10.1 Å². The van der Waals surface area contributed by atoms with Gasteiger partial charge in [0.2, 0.25) is 0 Å². The number of ether oxygens (including phenoxy) is 1. The standard InChI is InChI=1S/C18H18N6O4/c1-4-28-17(25)15-10-19-18(23-12(3)9-11(2)22-23)21-16(15)20-13-5-7-14(8-6-13)24(26)27/h5-10H,4H2,1-3H3,(H,19,20,21). The zero-order chi connectivity index (χ0) is 20.3. The summed E-state index contributed by atoms with van der Waals surface area (Å²) in [5.74, 6) is -0.0836. The van der Waals surface area contributed by atoms with Crippen LogP contribution in [0.1, 0.15) is 28.7 Å². The first-order chi connectivity index (χ1) is 13.4. The van der Waals surface area contributed by atoms with Crippen molar-refractivity contribution in [1.82, 2.24) is 19.7 Å². The van der Waals surface area contributed by atoms with Gasteiger partial charge in [0.15, 0.2) is 5.82 Å². The van der Waals surface area contributed by atoms with Crippen molar-refractivity contribution in [2.45, 2.75) is 20.8 Å². The highest BCUT2D eigenvalue weighted by Crippen LogP contribution is 2.23. The molecule has 10 heteroatoms. The van der Waals surface area contributed by atoms with Gasteiger partial charge in [-0.15, -0.1) is 0 Å². The molecule has 0 saturated carbocycles. The van der Waals surface area contributed by atoms with Gasteiger partial charge in [0, 0.05) is 29.7 Å². The van der Waals surface area contributed by atoms with Gasteiger partial charge in [-0.2, -0.15) is 10.1 Å². The van der Waals surface area contributed by atoms with Crippen molar-refractivity contribution in [2.75, 3.05) is 11.9 Å². The molecule has 0 atom stereocenters. The van der Waals surface area contributed by atoms with E-state index in [-0.39, 0.29) is 29.6 Å². The Hall–Kier alpha value is -3.82. The number of non-ortho nitro benzene ring substituents is 1. The summed E-state index contributed by atoms with van der Waals surface area (Å²) in [6, 6.07) is 7.65. The zero-order valence-corrected chi connectivity index (χ0v) is 15.5. The van der Waals surface area contributed by atoms with Crippen LogP contribution in [0.15, 0.2) is 36.5 Å². The van der Waals surface area contributed by atoms with Crippen molar-refractivity contribution in [3.05, 3.63) is 63.6 Å². The van der Waals surface area contributed by atoms with E-state index < -0.39 is 10.9 Å². The van der Waals surface area contributed by atoms with Gasteiger partial charge in [0.05, 0.1) is 17.2 Å². The third kappa shape index (κ3) is 3.95. The van der Waals surface area contributed by atoms with E-state index in [1.165, 1.54) is 30.5 Å². The van der Waals surface area contributed by atoms with Crippen LogP contribution in [0.4, 0.5) is 17.2 Å². The molecule has 0 amide bonds. The van der Waals surface area contributed by atoms with Crippen LogP contribution < -0.4 is 5.32 Å². The van der Waals surface area contributed by atoms with Crippen LogP contribution in [0, 0.1) is 24.0 Å². The molecule has 0 spiro atoms. The van der Waals surface area contributed by atoms with Crippen molar-refractivity contribution in [3.63, 3.8) is 0 Å². The Kier molecular flexibility index (Phi) is 5.30. The minimum Gasteiger partial charge on any atom is -0.462 e. The third-order valence-corrected chi connectivity index (χ3v) is 3.81. The number of benzene rings is 1. The Bertz CT molecular complexity index is 1030. The number of carbonyl (C=O) groups is 1. The number of aromatic nitrogens is 4. The summed E-state index contributed by atoms with van der Waals surface area (Å²) >= 11 is 0. The number of hydrogen-bond acceptors (Lipinski definition) is 8. The quantitative estimate of drug-likeness (QED) is 0.392. The minimum atomic E-state index is -0.577. The molecular weight excluding hydrogens is 364 g/mol. The van der Waals surface area contributed by atoms with Crippen molar-refractivity contribution in [3.8, 4) is 5.95 Å². The van der Waals surface area contributed by atoms with Crippen molar-refractivity contribution < 1.29 is 14.5 Å². The van der Waals surface area contributed by atoms with Crippen molar-refractivity contribution in [2.24, 2.45) is 0 Å². The SMILES string of the molecule is CCOC(=O)c1cnc(-n2nc(C)cc2C)nc1Nc1ccc([N+](=O)[O-])cc1. The van der Waals surface area contributed by atoms with Gasteiger partial charge in [-0.25, -0.2) is 14.5 Å². The lowest BCUT2D eigenvalue weighted by atomic mass is 10.2. The molecule has 0 aliphatic rings. The molecule has 2 heterocycles. The van der Waals surface area contributed by atoms with Crippen molar-refractivity contribution in [1.29, 1.82) is 0 Å². The topological polar surface area (TPSA) is 125 Å². The van der Waals surface area contributed by atoms with Crippen LogP contribution in [0.2, 0.25) is 0 Å². The Balaban J connectivity index is 2.01. The number of esters is 1. The van der Waals surface area contributed by atoms with Crippen LogP contribution in [0.5, 0.6) is 0 Å². The molecule has 1 aromatic carbocycles. The number of aryl methyl sites for hydroxylation is 2. The molecule has 2 aromatic heterocycles. The van der Waals surface area contributed by atoms with E-state index in [0.717, 1.165) is 11.4 Å². The van der Waals surface area contributed by atoms with Crippen LogP contribution in [-0.2, 0) is 4.74 Å². The predicted octanol–water partition coefficient (Wildman–Crippen LogP) is 3.11. The van der Waals surface area contributed by atoms with Crippen LogP contribution in [0.3, 0.4) is 0 Å². The lowest BCUT2D eigenvalue weighted by Crippen LogP contribution is -2.13. The van der Waals surface area contributed by atoms with Crippen molar-refractivity contribution >= 4 is 23.2 Å². The molecule has 0 bridgehead atoms. The lowest BCUT2D eigenvalue weighted by Gasteiger charge is -2.12. The average Bonchev–Trinajstić information content (AvgIpc) is 3.00. The molecule has 3 aromatic rings. The molecule has 10 nitrogen and oxygen atoms in total. The fraction of sp³-hybridized carbons (Fsp3) is 0.222. The van der Waals surface area contributed by atoms with Gasteiger partial charge in [-0.05, 0) is 39.0 Å². The molecule has 144 valence electrons. The molecule has 3 rings (SSSR count). The maximum absolute atomic E-state index is 12.3. The molecular formula is C18H18N6O4. The highest BCUT2D eigenvalue weighted by Gasteiger charge is 2.18. The normalized spacial score (nSPS) is 10.5. The van der Waals surface area contributed by atoms with Gasteiger partial charge in [0.25, 0.3) is 11.6 Å². The predicted molar refractivity (Wildman–Crippen MR) is 101 cm³/mol. The number of nitrogens with zero attached hydrogens (tertiary/aromatic N) is 5. The number of hydrogen-bond donors (Lipinski definition) is 1. The Labute approximate surface area is 160 Å². The van der Waals surface area contributed by atoms with Gasteiger partial charge in [-0.1, -0.05) is 0 Å². The monoisotopic (exact) mass is 382 g/mol. The number of nitro groups is 1. The average molecular weight is 382 g/mol. The zero-order valence-electron chi connectivity index (χ0n) is 15.5. The number of nitro benzene ring substituents is 1.